The second-order valence-electron chi connectivity index (χ2n) is 5.64. The first-order valence-electron chi connectivity index (χ1n) is 7.77. The molecule has 0 radical (unpaired) electrons. The van der Waals surface area contributed by atoms with Gasteiger partial charge in [0.15, 0.2) is 20.2 Å². The first kappa shape index (κ1) is 51.8. The van der Waals surface area contributed by atoms with Gasteiger partial charge < -0.3 is 44.7 Å². The Hall–Kier alpha value is -1.79. The van der Waals surface area contributed by atoms with Crippen LogP contribution in [0.3, 0.4) is 0 Å². The van der Waals surface area contributed by atoms with Crippen LogP contribution in [0.25, 0.3) is 10.8 Å². The van der Waals surface area contributed by atoms with Crippen molar-refractivity contribution in [1.82, 2.24) is 30.8 Å². The van der Waals surface area contributed by atoms with Crippen LogP contribution in [-0.4, -0.2) is 42.7 Å². The summed E-state index contributed by atoms with van der Waals surface area (Å²) in [6.45, 7) is 1.64. The van der Waals surface area contributed by atoms with Gasteiger partial charge in [0.25, 0.3) is 0 Å². The van der Waals surface area contributed by atoms with Gasteiger partial charge in [-0.05, 0) is 29.7 Å². The van der Waals surface area contributed by atoms with Crippen molar-refractivity contribution in [2.75, 3.05) is 0 Å². The molecule has 0 aliphatic heterocycles. The molecule has 2 rings (SSSR count). The predicted octanol–water partition coefficient (Wildman–Crippen LogP) is 4.27. The van der Waals surface area contributed by atoms with Crippen molar-refractivity contribution in [2.45, 2.75) is 30.8 Å². The number of halogens is 6. The summed E-state index contributed by atoms with van der Waals surface area (Å²) < 4.78 is 118. The zero-order valence-electron chi connectivity index (χ0n) is 19.3. The predicted molar refractivity (Wildman–Crippen MR) is 120 cm³/mol. The zero-order chi connectivity index (χ0) is 24.7. The average molecular weight is 772 g/mol. The molecule has 222 valence electrons. The van der Waals surface area contributed by atoms with Gasteiger partial charge in [-0.2, -0.15) is 26.3 Å². The van der Waals surface area contributed by atoms with E-state index in [2.05, 4.69) is 30.3 Å². The molecule has 12 nitrogen and oxygen atoms in total. The number of benzene rings is 2. The molecule has 0 spiro atoms. The first-order valence-corrected chi connectivity index (χ1v) is 10.6. The number of fused-ring (bicyclic) bond motifs is 1. The summed E-state index contributed by atoms with van der Waals surface area (Å²) in [7, 11) is -12.2. The standard InChI is InChI=1S/C14H14O.2CHF3O3S.5H3N.Os/c1-11(15)9-10-13-7-4-6-12-5-2-3-8-14(12)13;2*2-1(3,4)8(5,6)7;;;;;;/h2-8H,9-10H2,1H3;2*(H,5,6,7);5*1H3;/q;;;;;;;;+2/p-2. The summed E-state index contributed by atoms with van der Waals surface area (Å²) in [4.78, 5) is 11.0. The van der Waals surface area contributed by atoms with E-state index in [9.17, 15) is 31.1 Å². The maximum atomic E-state index is 11.0. The van der Waals surface area contributed by atoms with Crippen molar-refractivity contribution in [1.29, 1.82) is 0 Å². The van der Waals surface area contributed by atoms with Crippen molar-refractivity contribution < 1.29 is 76.9 Å². The SMILES string of the molecule is CC(=O)CCc1cccc2ccccc12.N.N.N.N.N.O=S(=O)([O-])C(F)(F)F.O=S(=O)([O-])C(F)(F)F.[Os+2]. The molecule has 15 N–H and O–H groups in total. The smallest absolute Gasteiger partial charge is 0.741 e. The molecule has 2 aromatic carbocycles. The maximum absolute atomic E-state index is 11.0. The molecule has 0 saturated carbocycles. The Morgan fingerprint density at radius 2 is 1.05 bits per heavy atom. The van der Waals surface area contributed by atoms with Gasteiger partial charge in [0.05, 0.1) is 0 Å². The fraction of sp³-hybridized carbons (Fsp3) is 0.312. The van der Waals surface area contributed by atoms with Crippen molar-refractivity contribution in [3.05, 3.63) is 48.0 Å². The Morgan fingerprint density at radius 3 is 1.38 bits per heavy atom. The van der Waals surface area contributed by atoms with Gasteiger partial charge in [-0.1, -0.05) is 42.5 Å². The third-order valence-corrected chi connectivity index (χ3v) is 4.33. The summed E-state index contributed by atoms with van der Waals surface area (Å²) in [6.07, 6.45) is 1.48. The number of hydrogen-bond donors (Lipinski definition) is 5. The van der Waals surface area contributed by atoms with Crippen molar-refractivity contribution in [3.8, 4) is 0 Å². The number of Topliss-reactive ketones (excluding diaryl/α,β-unsaturated/α-hetero) is 1. The molecule has 0 saturated heterocycles. The monoisotopic (exact) mass is 773 g/mol. The minimum atomic E-state index is -6.09. The third kappa shape index (κ3) is 19.9. The first-order chi connectivity index (χ1) is 13.8. The van der Waals surface area contributed by atoms with E-state index in [1.807, 2.05) is 12.1 Å². The number of carbonyl (C=O) groups is 1. The van der Waals surface area contributed by atoms with Crippen LogP contribution < -0.4 is 30.8 Å². The van der Waals surface area contributed by atoms with Gasteiger partial charge in [-0.15, -0.1) is 0 Å². The summed E-state index contributed by atoms with van der Waals surface area (Å²) in [5.41, 5.74) is -10.0. The number of aryl methyl sites for hydroxylation is 1. The Kier molecular flexibility index (Phi) is 28.3. The van der Waals surface area contributed by atoms with Crippen molar-refractivity contribution in [3.63, 3.8) is 0 Å². The van der Waals surface area contributed by atoms with Gasteiger partial charge in [-0.25, -0.2) is 16.8 Å². The van der Waals surface area contributed by atoms with Crippen LogP contribution >= 0.6 is 0 Å². The van der Waals surface area contributed by atoms with Crippen molar-refractivity contribution in [2.24, 2.45) is 0 Å². The maximum Gasteiger partial charge on any atom is 2.00 e. The van der Waals surface area contributed by atoms with Crippen LogP contribution in [0.4, 0.5) is 26.3 Å². The second-order valence-corrected chi connectivity index (χ2v) is 8.38. The molecule has 0 amide bonds. The molecule has 0 aliphatic carbocycles. The van der Waals surface area contributed by atoms with Crippen LogP contribution in [0.2, 0.25) is 0 Å². The molecular weight excluding hydrogens is 743 g/mol. The van der Waals surface area contributed by atoms with Crippen LogP contribution in [0.1, 0.15) is 18.9 Å². The molecule has 0 atom stereocenters. The summed E-state index contributed by atoms with van der Waals surface area (Å²) >= 11 is 0. The molecule has 21 heteroatoms. The summed E-state index contributed by atoms with van der Waals surface area (Å²) in [5, 5.41) is 2.51. The number of hydrogen-bond acceptors (Lipinski definition) is 12. The number of ketones is 1. The van der Waals surface area contributed by atoms with Gasteiger partial charge >= 0.3 is 30.8 Å². The Balaban J connectivity index is -0.0000000726. The minimum Gasteiger partial charge on any atom is -0.741 e. The number of carbonyl (C=O) groups excluding carboxylic acids is 1. The van der Waals surface area contributed by atoms with E-state index in [0.717, 1.165) is 6.42 Å². The molecule has 0 fully saturated rings. The molecule has 2 aromatic rings. The van der Waals surface area contributed by atoms with E-state index < -0.39 is 31.3 Å². The van der Waals surface area contributed by atoms with E-state index in [4.69, 9.17) is 25.9 Å². The molecule has 0 bridgehead atoms. The van der Waals surface area contributed by atoms with Crippen LogP contribution in [0.15, 0.2) is 42.5 Å². The van der Waals surface area contributed by atoms with Gasteiger partial charge in [0, 0.05) is 6.42 Å². The normalized spacial score (nSPS) is 10.3. The number of alkyl halides is 6. The molecule has 37 heavy (non-hydrogen) atoms. The average Bonchev–Trinajstić information content (AvgIpc) is 2.57. The van der Waals surface area contributed by atoms with Gasteiger partial charge in [0.1, 0.15) is 5.78 Å². The van der Waals surface area contributed by atoms with E-state index in [1.54, 1.807) is 6.92 Å². The van der Waals surface area contributed by atoms with Crippen molar-refractivity contribution >= 4 is 36.8 Å². The molecule has 0 aliphatic rings. The Labute approximate surface area is 223 Å². The third-order valence-electron chi connectivity index (χ3n) is 3.19. The topological polar surface area (TPSA) is 306 Å². The van der Waals surface area contributed by atoms with Crippen LogP contribution in [0.5, 0.6) is 0 Å². The van der Waals surface area contributed by atoms with Gasteiger partial charge in [-0.3, -0.25) is 0 Å². The molecular formula is C16H29F6N5O7OsS2. The molecule has 0 aromatic heterocycles. The summed E-state index contributed by atoms with van der Waals surface area (Å²) in [6, 6.07) is 14.6. The quantitative estimate of drug-likeness (QED) is 0.166. The summed E-state index contributed by atoms with van der Waals surface area (Å²) in [5.74, 6) is 0.253. The Morgan fingerprint density at radius 1 is 0.730 bits per heavy atom. The van der Waals surface area contributed by atoms with Crippen LogP contribution in [-0.2, 0) is 51.2 Å². The van der Waals surface area contributed by atoms with E-state index in [-0.39, 0.29) is 56.3 Å². The molecule has 0 heterocycles. The minimum absolute atomic E-state index is 0. The van der Waals surface area contributed by atoms with Crippen LogP contribution in [0, 0.1) is 0 Å². The van der Waals surface area contributed by atoms with E-state index >= 15 is 0 Å². The largest absolute Gasteiger partial charge is 2.00 e. The van der Waals surface area contributed by atoms with E-state index in [0.29, 0.717) is 6.42 Å². The van der Waals surface area contributed by atoms with E-state index in [1.165, 1.54) is 16.3 Å². The zero-order valence-corrected chi connectivity index (χ0v) is 23.5. The number of rotatable bonds is 3. The Bertz CT molecular complexity index is 1070. The fourth-order valence-corrected chi connectivity index (χ4v) is 1.82. The fourth-order valence-electron chi connectivity index (χ4n) is 1.82. The second kappa shape index (κ2) is 20.2. The molecule has 0 unspecified atom stereocenters. The van der Waals surface area contributed by atoms with Gasteiger partial charge in [0.2, 0.25) is 0 Å².